The van der Waals surface area contributed by atoms with Crippen LogP contribution in [0.5, 0.6) is 0 Å². The van der Waals surface area contributed by atoms with Crippen LogP contribution >= 0.6 is 0 Å². The van der Waals surface area contributed by atoms with Gasteiger partial charge in [0.05, 0.1) is 0 Å². The molecule has 0 heterocycles. The molecule has 0 aliphatic heterocycles. The molecular formula is C80H236N12O2S2Si24U4. The van der Waals surface area contributed by atoms with Gasteiger partial charge in [-0.1, -0.05) is 669 Å². The predicted molar refractivity (Wildman–Crippen MR) is 660 cm³/mol. The monoisotopic (exact) mass is 3090 g/mol. The van der Waals surface area contributed by atoms with Crippen LogP contribution in [0.3, 0.4) is 0 Å². The van der Waals surface area contributed by atoms with Gasteiger partial charge >= 0.3 is 124 Å². The number of hydrogen-bond donors (Lipinski definition) is 0. The Morgan fingerprint density at radius 1 is 0.105 bits per heavy atom. The Hall–Kier alpha value is 9.55. The van der Waals surface area contributed by atoms with Crippen molar-refractivity contribution in [3.8, 4) is 0 Å². The van der Waals surface area contributed by atoms with Crippen molar-refractivity contribution in [2.24, 2.45) is 0 Å². The Labute approximate surface area is 926 Å². The third-order valence-electron chi connectivity index (χ3n) is 8.87. The maximum Gasteiger partial charge on any atom is 4.00 e. The van der Waals surface area contributed by atoms with Crippen molar-refractivity contribution in [2.45, 2.75) is 499 Å². The Kier molecular flexibility index (Phi) is 114. The minimum absolute atomic E-state index is 0. The molecule has 0 atom stereocenters. The van der Waals surface area contributed by atoms with Gasteiger partial charge in [0.2, 0.25) is 0 Å². The zero-order chi connectivity index (χ0) is 101. The Morgan fingerprint density at radius 3 is 0.137 bits per heavy atom. The first-order chi connectivity index (χ1) is 49.3. The summed E-state index contributed by atoms with van der Waals surface area (Å²) in [5.74, 6) is 0. The van der Waals surface area contributed by atoms with Gasteiger partial charge in [-0.05, 0) is 27.7 Å². The third-order valence-corrected chi connectivity index (χ3v) is 73.3. The summed E-state index contributed by atoms with van der Waals surface area (Å²) in [5.41, 5.74) is 0. The zero-order valence-electron chi connectivity index (χ0n) is 99.8. The van der Waals surface area contributed by atoms with Crippen LogP contribution in [0.2, 0.25) is 471 Å². The second-order valence-corrected chi connectivity index (χ2v) is 170. The molecule has 0 aromatic carbocycles. The zero-order valence-corrected chi connectivity index (χ0v) is 142. The summed E-state index contributed by atoms with van der Waals surface area (Å²) < 4.78 is 67.5. The van der Waals surface area contributed by atoms with Crippen molar-refractivity contribution in [3.05, 3.63) is 55.8 Å². The fraction of sp³-hybridized carbons (Fsp3) is 1.00. The standard InChI is InChI=1S/12C6H18NSi2.2C4H10O.2S.4U/c12*1-8(2,3)7-9(4,5)6;2*1-3-5-4-2;;;;;;/h12*1-6H3;2*3-4H2,1-2H3;;;;;;/q12*-1;;;2*-2;4*+4. The summed E-state index contributed by atoms with van der Waals surface area (Å²) in [4.78, 5) is 0. The molecule has 0 bridgehead atoms. The molecule has 0 N–H and O–H groups in total. The second kappa shape index (κ2) is 77.9. The predicted octanol–water partition coefficient (Wildman–Crippen LogP) is 38.4. The van der Waals surface area contributed by atoms with Crippen molar-refractivity contribution >= 4 is 225 Å². The smallest absolute Gasteiger partial charge is 2.00 e. The maximum absolute atomic E-state index is 4.83. The van der Waals surface area contributed by atoms with E-state index >= 15 is 0 Å². The largest absolute Gasteiger partial charge is 4.00 e. The van der Waals surface area contributed by atoms with E-state index in [1.807, 2.05) is 27.7 Å². The van der Waals surface area contributed by atoms with E-state index in [1.54, 1.807) is 0 Å². The topological polar surface area (TPSA) is 188 Å². The molecule has 14 nitrogen and oxygen atoms in total. The van der Waals surface area contributed by atoms with E-state index in [1.165, 1.54) is 0 Å². The Bertz CT molecular complexity index is 1630. The van der Waals surface area contributed by atoms with Crippen molar-refractivity contribution in [1.29, 1.82) is 0 Å². The van der Waals surface area contributed by atoms with Gasteiger partial charge in [0, 0.05) is 26.4 Å². The molecule has 0 fully saturated rings. The molecule has 0 saturated carbocycles. The maximum atomic E-state index is 4.83. The fourth-order valence-electron chi connectivity index (χ4n) is 12.5. The first-order valence-corrected chi connectivity index (χ1v) is 128. The molecule has 44 heteroatoms. The molecule has 0 aliphatic carbocycles. The van der Waals surface area contributed by atoms with Gasteiger partial charge in [0.1, 0.15) is 0 Å². The molecule has 124 heavy (non-hydrogen) atoms. The van der Waals surface area contributed by atoms with Gasteiger partial charge in [-0.3, -0.25) is 0 Å². The van der Waals surface area contributed by atoms with Crippen LogP contribution in [0.4, 0.5) is 0 Å². The van der Waals surface area contributed by atoms with Gasteiger partial charge in [-0.15, -0.1) is 0 Å². The molecule has 0 rings (SSSR count). The average molecular weight is 3090 g/mol. The van der Waals surface area contributed by atoms with Crippen LogP contribution in [0.15, 0.2) is 0 Å². The molecule has 0 unspecified atom stereocenters. The van der Waals surface area contributed by atoms with Crippen LogP contribution in [0, 0.1) is 124 Å². The molecule has 0 spiro atoms. The Balaban J connectivity index is -0.0000000521. The van der Waals surface area contributed by atoms with Crippen molar-refractivity contribution in [2.75, 3.05) is 26.4 Å². The van der Waals surface area contributed by atoms with E-state index in [9.17, 15) is 0 Å². The summed E-state index contributed by atoms with van der Waals surface area (Å²) in [7, 11) is -26.5. The number of hydrogen-bond acceptors (Lipinski definition) is 2. The van der Waals surface area contributed by atoms with E-state index in [2.05, 4.69) is 471 Å². The third kappa shape index (κ3) is 306. The molecule has 0 aromatic rings. The van der Waals surface area contributed by atoms with Crippen LogP contribution in [0.25, 0.3) is 55.8 Å². The average Bonchev–Trinajstić information content (AvgIpc) is 1.02. The van der Waals surface area contributed by atoms with E-state index < -0.39 is 198 Å². The molecule has 0 aliphatic rings. The van der Waals surface area contributed by atoms with Crippen molar-refractivity contribution < 1.29 is 134 Å². The molecule has 0 amide bonds. The van der Waals surface area contributed by atoms with Crippen molar-refractivity contribution in [3.63, 3.8) is 0 Å². The molecule has 752 valence electrons. The number of rotatable bonds is 28. The normalized spacial score (nSPS) is 12.9. The first-order valence-electron chi connectivity index (χ1n) is 45.3. The SMILES string of the molecule is CCOCC.CCOCC.C[Si](C)(C)[N-][Si](C)(C)C.C[Si](C)(C)[N-][Si](C)(C)C.C[Si](C)(C)[N-][Si](C)(C)C.C[Si](C)(C)[N-][Si](C)(C)C.C[Si](C)(C)[N-][Si](C)(C)C.C[Si](C)(C)[N-][Si](C)(C)C.C[Si](C)(C)[N-][Si](C)(C)C.C[Si](C)(C)[N-][Si](C)(C)C.C[Si](C)(C)[N-][Si](C)(C)C.C[Si](C)(C)[N-][Si](C)(C)C.C[Si](C)(C)[N-][Si](C)(C)C.C[Si](C)(C)[N-][Si](C)(C)C.[S-2].[S-2].[U+4].[U+4].[U+4].[U+4]. The van der Waals surface area contributed by atoms with Crippen LogP contribution in [-0.4, -0.2) is 224 Å². The van der Waals surface area contributed by atoms with Crippen LogP contribution in [0.1, 0.15) is 27.7 Å². The Morgan fingerprint density at radius 2 is 0.137 bits per heavy atom. The summed E-state index contributed by atoms with van der Waals surface area (Å²) in [6.45, 7) is 177. The minimum atomic E-state index is -1.11. The van der Waals surface area contributed by atoms with Crippen molar-refractivity contribution in [1.82, 2.24) is 0 Å². The molecule has 0 aromatic heterocycles. The number of ether oxygens (including phenoxy) is 2. The summed E-state index contributed by atoms with van der Waals surface area (Å²) in [6.07, 6.45) is 0. The molecular weight excluding hydrogens is 2850 g/mol. The first kappa shape index (κ1) is 182. The van der Waals surface area contributed by atoms with Gasteiger partial charge in [-0.25, -0.2) is 0 Å². The van der Waals surface area contributed by atoms with Gasteiger partial charge in [-0.2, -0.15) is 0 Å². The molecule has 0 saturated heterocycles. The quantitative estimate of drug-likeness (QED) is 0.0706. The number of nitrogens with zero attached hydrogens (tertiary/aromatic N) is 12. The minimum Gasteiger partial charge on any atom is -2.00 e. The van der Waals surface area contributed by atoms with Crippen LogP contribution in [-0.2, 0) is 36.5 Å². The second-order valence-electron chi connectivity index (χ2n) is 55.0. The van der Waals surface area contributed by atoms with E-state index in [0.717, 1.165) is 26.4 Å². The summed E-state index contributed by atoms with van der Waals surface area (Å²) in [5, 5.41) is 0. The van der Waals surface area contributed by atoms with Gasteiger partial charge < -0.3 is 92.2 Å². The van der Waals surface area contributed by atoms with Gasteiger partial charge in [0.15, 0.2) is 0 Å². The fourth-order valence-corrected chi connectivity index (χ4v) is 109. The van der Waals surface area contributed by atoms with E-state index in [0.29, 0.717) is 0 Å². The molecule has 0 radical (unpaired) electrons. The summed E-state index contributed by atoms with van der Waals surface area (Å²) >= 11 is 0. The van der Waals surface area contributed by atoms with Crippen LogP contribution < -0.4 is 0 Å². The van der Waals surface area contributed by atoms with Gasteiger partial charge in [0.25, 0.3) is 0 Å². The van der Waals surface area contributed by atoms with E-state index in [4.69, 9.17) is 65.2 Å². The van der Waals surface area contributed by atoms with E-state index in [-0.39, 0.29) is 151 Å². The summed E-state index contributed by atoms with van der Waals surface area (Å²) in [6, 6.07) is 0.